The summed E-state index contributed by atoms with van der Waals surface area (Å²) < 4.78 is 30.3. The highest BCUT2D eigenvalue weighted by Crippen LogP contribution is 2.24. The first-order valence-electron chi connectivity index (χ1n) is 8.09. The van der Waals surface area contributed by atoms with Crippen molar-refractivity contribution >= 4 is 10.0 Å². The highest BCUT2D eigenvalue weighted by molar-refractivity contribution is 7.89. The number of benzene rings is 2. The predicted molar refractivity (Wildman–Crippen MR) is 98.2 cm³/mol. The molecule has 0 aliphatic rings. The minimum absolute atomic E-state index is 0.235. The fourth-order valence-corrected chi connectivity index (χ4v) is 4.56. The largest absolute Gasteiger partial charge is 0.244 e. The molecule has 0 saturated carbocycles. The molecule has 1 unspecified atom stereocenters. The molecule has 0 radical (unpaired) electrons. The van der Waals surface area contributed by atoms with Crippen LogP contribution >= 0.6 is 0 Å². The fraction of sp³-hybridized carbons (Fsp3) is 0.211. The number of hydrogen-bond acceptors (Lipinski definition) is 3. The van der Waals surface area contributed by atoms with Gasteiger partial charge in [-0.15, -0.1) is 0 Å². The molecule has 0 fully saturated rings. The minimum atomic E-state index is -3.69. The van der Waals surface area contributed by atoms with Gasteiger partial charge in [0.2, 0.25) is 10.0 Å². The van der Waals surface area contributed by atoms with Crippen LogP contribution in [0.1, 0.15) is 29.9 Å². The number of nitrogens with zero attached hydrogens (tertiary/aromatic N) is 2. The third-order valence-electron chi connectivity index (χ3n) is 4.13. The van der Waals surface area contributed by atoms with Gasteiger partial charge in [0, 0.05) is 6.04 Å². The van der Waals surface area contributed by atoms with Gasteiger partial charge in [0.25, 0.3) is 0 Å². The van der Waals surface area contributed by atoms with Crippen molar-refractivity contribution in [2.24, 2.45) is 0 Å². The molecule has 0 spiro atoms. The molecule has 3 aromatic rings. The van der Waals surface area contributed by atoms with Crippen LogP contribution in [0.3, 0.4) is 0 Å². The average Bonchev–Trinajstić information content (AvgIpc) is 2.91. The van der Waals surface area contributed by atoms with Gasteiger partial charge < -0.3 is 0 Å². The van der Waals surface area contributed by atoms with Crippen LogP contribution in [0.4, 0.5) is 0 Å². The van der Waals surface area contributed by atoms with E-state index in [4.69, 9.17) is 0 Å². The summed E-state index contributed by atoms with van der Waals surface area (Å²) in [6, 6.07) is 18.7. The van der Waals surface area contributed by atoms with Gasteiger partial charge >= 0.3 is 0 Å². The Morgan fingerprint density at radius 1 is 0.960 bits per heavy atom. The Kier molecular flexibility index (Phi) is 4.74. The predicted octanol–water partition coefficient (Wildman–Crippen LogP) is 3.53. The molecule has 5 nitrogen and oxygen atoms in total. The Bertz CT molecular complexity index is 965. The topological polar surface area (TPSA) is 64.0 Å². The third kappa shape index (κ3) is 3.50. The van der Waals surface area contributed by atoms with Crippen LogP contribution in [-0.4, -0.2) is 18.2 Å². The summed E-state index contributed by atoms with van der Waals surface area (Å²) in [5.41, 5.74) is 2.82. The highest BCUT2D eigenvalue weighted by Gasteiger charge is 2.26. The van der Waals surface area contributed by atoms with Gasteiger partial charge in [-0.2, -0.15) is 5.10 Å². The van der Waals surface area contributed by atoms with Gasteiger partial charge in [0.05, 0.1) is 17.1 Å². The van der Waals surface area contributed by atoms with Crippen LogP contribution in [0.25, 0.3) is 5.69 Å². The van der Waals surface area contributed by atoms with Crippen LogP contribution in [0.2, 0.25) is 0 Å². The lowest BCUT2D eigenvalue weighted by Crippen LogP contribution is -2.27. The Hall–Kier alpha value is -2.44. The highest BCUT2D eigenvalue weighted by atomic mass is 32.2. The molecule has 130 valence electrons. The second-order valence-corrected chi connectivity index (χ2v) is 7.65. The average molecular weight is 355 g/mol. The zero-order valence-electron chi connectivity index (χ0n) is 14.5. The molecule has 2 aromatic carbocycles. The number of aromatic nitrogens is 2. The lowest BCUT2D eigenvalue weighted by molar-refractivity contribution is 0.565. The second kappa shape index (κ2) is 6.82. The van der Waals surface area contributed by atoms with Crippen molar-refractivity contribution in [2.75, 3.05) is 0 Å². The zero-order chi connectivity index (χ0) is 18.0. The van der Waals surface area contributed by atoms with E-state index in [9.17, 15) is 8.42 Å². The quantitative estimate of drug-likeness (QED) is 0.761. The molecule has 1 aromatic heterocycles. The number of para-hydroxylation sites is 1. The van der Waals surface area contributed by atoms with Gasteiger partial charge in [-0.3, -0.25) is 0 Å². The van der Waals surface area contributed by atoms with Crippen LogP contribution in [0.15, 0.2) is 65.6 Å². The molecule has 0 aliphatic heterocycles. The van der Waals surface area contributed by atoms with E-state index in [1.807, 2.05) is 67.6 Å². The Labute approximate surface area is 148 Å². The lowest BCUT2D eigenvalue weighted by Gasteiger charge is -2.15. The molecule has 0 bridgehead atoms. The van der Waals surface area contributed by atoms with Crippen LogP contribution in [0.5, 0.6) is 0 Å². The molecular weight excluding hydrogens is 334 g/mol. The number of hydrogen-bond donors (Lipinski definition) is 1. The van der Waals surface area contributed by atoms with Gasteiger partial charge in [0.1, 0.15) is 4.90 Å². The van der Waals surface area contributed by atoms with Crippen molar-refractivity contribution in [1.29, 1.82) is 0 Å². The molecule has 25 heavy (non-hydrogen) atoms. The molecule has 1 N–H and O–H groups in total. The van der Waals surface area contributed by atoms with E-state index >= 15 is 0 Å². The number of rotatable bonds is 5. The minimum Gasteiger partial charge on any atom is -0.236 e. The van der Waals surface area contributed by atoms with Crippen molar-refractivity contribution in [3.63, 3.8) is 0 Å². The van der Waals surface area contributed by atoms with Crippen molar-refractivity contribution in [3.05, 3.63) is 77.6 Å². The first-order chi connectivity index (χ1) is 11.9. The van der Waals surface area contributed by atoms with E-state index in [1.54, 1.807) is 18.5 Å². The van der Waals surface area contributed by atoms with Gasteiger partial charge in [-0.1, -0.05) is 48.5 Å². The van der Waals surface area contributed by atoms with E-state index < -0.39 is 10.0 Å². The number of sulfonamides is 1. The SMILES string of the molecule is Cc1nn(-c2ccccc2)c(C)c1S(=O)(=O)NC(C)c1ccccc1. The van der Waals surface area contributed by atoms with E-state index in [1.165, 1.54) is 0 Å². The summed E-state index contributed by atoms with van der Waals surface area (Å²) in [7, 11) is -3.69. The van der Waals surface area contributed by atoms with Crippen LogP contribution in [-0.2, 0) is 10.0 Å². The molecule has 0 amide bonds. The Morgan fingerprint density at radius 3 is 2.12 bits per heavy atom. The lowest BCUT2D eigenvalue weighted by atomic mass is 10.1. The summed E-state index contributed by atoms with van der Waals surface area (Å²) in [5.74, 6) is 0. The standard InChI is InChI=1S/C19H21N3O2S/c1-14(17-10-6-4-7-11-17)21-25(23,24)19-15(2)20-22(16(19)3)18-12-8-5-9-13-18/h4-14,21H,1-3H3. The maximum Gasteiger partial charge on any atom is 0.244 e. The molecule has 0 saturated heterocycles. The molecular formula is C19H21N3O2S. The summed E-state index contributed by atoms with van der Waals surface area (Å²) in [6.07, 6.45) is 0. The van der Waals surface area contributed by atoms with Crippen molar-refractivity contribution < 1.29 is 8.42 Å². The van der Waals surface area contributed by atoms with Gasteiger partial charge in [0.15, 0.2) is 0 Å². The summed E-state index contributed by atoms with van der Waals surface area (Å²) in [5, 5.41) is 4.42. The van der Waals surface area contributed by atoms with E-state index in [-0.39, 0.29) is 10.9 Å². The normalized spacial score (nSPS) is 12.9. The van der Waals surface area contributed by atoms with Crippen molar-refractivity contribution in [2.45, 2.75) is 31.7 Å². The first kappa shape index (κ1) is 17.4. The third-order valence-corrected chi connectivity index (χ3v) is 5.92. The van der Waals surface area contributed by atoms with E-state index in [0.717, 1.165) is 11.3 Å². The Balaban J connectivity index is 1.97. The summed E-state index contributed by atoms with van der Waals surface area (Å²) >= 11 is 0. The fourth-order valence-electron chi connectivity index (χ4n) is 2.94. The number of nitrogens with one attached hydrogen (secondary N) is 1. The van der Waals surface area contributed by atoms with Gasteiger partial charge in [-0.25, -0.2) is 17.8 Å². The molecule has 0 aliphatic carbocycles. The van der Waals surface area contributed by atoms with Crippen molar-refractivity contribution in [3.8, 4) is 5.69 Å². The van der Waals surface area contributed by atoms with E-state index in [0.29, 0.717) is 11.4 Å². The first-order valence-corrected chi connectivity index (χ1v) is 9.57. The molecule has 6 heteroatoms. The van der Waals surface area contributed by atoms with Crippen molar-refractivity contribution in [1.82, 2.24) is 14.5 Å². The van der Waals surface area contributed by atoms with Gasteiger partial charge in [-0.05, 0) is 38.5 Å². The monoisotopic (exact) mass is 355 g/mol. The maximum absolute atomic E-state index is 12.9. The van der Waals surface area contributed by atoms with Crippen LogP contribution < -0.4 is 4.72 Å². The Morgan fingerprint density at radius 2 is 1.52 bits per heavy atom. The summed E-state index contributed by atoms with van der Waals surface area (Å²) in [6.45, 7) is 5.32. The van der Waals surface area contributed by atoms with E-state index in [2.05, 4.69) is 9.82 Å². The summed E-state index contributed by atoms with van der Waals surface area (Å²) in [4.78, 5) is 0.235. The smallest absolute Gasteiger partial charge is 0.236 e. The number of aryl methyl sites for hydroxylation is 1. The molecule has 1 atom stereocenters. The molecule has 1 heterocycles. The maximum atomic E-state index is 12.9. The van der Waals surface area contributed by atoms with Crippen LogP contribution in [0, 0.1) is 13.8 Å². The second-order valence-electron chi connectivity index (χ2n) is 6.00. The zero-order valence-corrected chi connectivity index (χ0v) is 15.3. The molecule has 3 rings (SSSR count).